The summed E-state index contributed by atoms with van der Waals surface area (Å²) in [4.78, 5) is 14.7. The molecular weight excluding hydrogens is 350 g/mol. The maximum Gasteiger partial charge on any atom is 0.222 e. The molecular formula is C23H27N3O2. The molecule has 1 amide bonds. The van der Waals surface area contributed by atoms with E-state index < -0.39 is 0 Å². The number of rotatable bonds is 8. The number of ether oxygens (including phenoxy) is 1. The third-order valence-electron chi connectivity index (χ3n) is 4.81. The zero-order chi connectivity index (χ0) is 19.9. The van der Waals surface area contributed by atoms with E-state index in [4.69, 9.17) is 4.74 Å². The van der Waals surface area contributed by atoms with E-state index in [1.54, 1.807) is 7.11 Å². The third-order valence-corrected chi connectivity index (χ3v) is 4.81. The van der Waals surface area contributed by atoms with E-state index in [0.717, 1.165) is 22.6 Å². The Kier molecular flexibility index (Phi) is 6.37. The summed E-state index contributed by atoms with van der Waals surface area (Å²) in [6, 6.07) is 20.0. The fraction of sp³-hybridized carbons (Fsp3) is 0.261. The van der Waals surface area contributed by atoms with Gasteiger partial charge < -0.3 is 19.5 Å². The number of hydrogen-bond acceptors (Lipinski definition) is 3. The van der Waals surface area contributed by atoms with Crippen LogP contribution in [0.4, 0.5) is 5.69 Å². The lowest BCUT2D eigenvalue weighted by molar-refractivity contribution is -0.121. The smallest absolute Gasteiger partial charge is 0.222 e. The summed E-state index contributed by atoms with van der Waals surface area (Å²) < 4.78 is 7.31. The molecule has 0 saturated carbocycles. The number of carbonyl (C=O) groups excluding carboxylic acids is 1. The summed E-state index contributed by atoms with van der Waals surface area (Å²) in [5, 5.41) is 3.04. The van der Waals surface area contributed by atoms with Crippen molar-refractivity contribution in [2.24, 2.45) is 0 Å². The van der Waals surface area contributed by atoms with Crippen LogP contribution >= 0.6 is 0 Å². The Morgan fingerprint density at radius 3 is 2.25 bits per heavy atom. The van der Waals surface area contributed by atoms with Gasteiger partial charge >= 0.3 is 0 Å². The number of anilines is 1. The predicted octanol–water partition coefficient (Wildman–Crippen LogP) is 3.86. The second-order valence-corrected chi connectivity index (χ2v) is 6.96. The second-order valence-electron chi connectivity index (χ2n) is 6.96. The highest BCUT2D eigenvalue weighted by Gasteiger charge is 2.17. The van der Waals surface area contributed by atoms with E-state index in [9.17, 15) is 4.79 Å². The number of amides is 1. The number of benzene rings is 2. The Morgan fingerprint density at radius 2 is 1.68 bits per heavy atom. The van der Waals surface area contributed by atoms with Crippen LogP contribution < -0.4 is 15.0 Å². The van der Waals surface area contributed by atoms with Crippen molar-refractivity contribution in [3.05, 3.63) is 84.2 Å². The molecule has 1 N–H and O–H groups in total. The molecule has 3 rings (SSSR count). The van der Waals surface area contributed by atoms with Crippen LogP contribution in [-0.4, -0.2) is 31.7 Å². The van der Waals surface area contributed by atoms with Crippen LogP contribution in [0.25, 0.3) is 0 Å². The average Bonchev–Trinajstić information content (AvgIpc) is 3.25. The van der Waals surface area contributed by atoms with Crippen molar-refractivity contribution in [1.29, 1.82) is 0 Å². The highest BCUT2D eigenvalue weighted by atomic mass is 16.5. The van der Waals surface area contributed by atoms with Gasteiger partial charge in [-0.05, 0) is 47.5 Å². The molecule has 0 aliphatic carbocycles. The fourth-order valence-corrected chi connectivity index (χ4v) is 3.14. The molecule has 5 heteroatoms. The van der Waals surface area contributed by atoms with Crippen molar-refractivity contribution in [2.75, 3.05) is 26.1 Å². The summed E-state index contributed by atoms with van der Waals surface area (Å²) in [5.74, 6) is 0.826. The van der Waals surface area contributed by atoms with Crippen LogP contribution in [0.1, 0.15) is 23.6 Å². The van der Waals surface area contributed by atoms with Crippen LogP contribution in [0.3, 0.4) is 0 Å². The van der Waals surface area contributed by atoms with Crippen LogP contribution in [0.5, 0.6) is 5.75 Å². The number of nitrogens with zero attached hydrogens (tertiary/aromatic N) is 2. The maximum absolute atomic E-state index is 12.6. The summed E-state index contributed by atoms with van der Waals surface area (Å²) >= 11 is 0. The first-order valence-corrected chi connectivity index (χ1v) is 9.36. The van der Waals surface area contributed by atoms with Crippen molar-refractivity contribution >= 4 is 11.6 Å². The minimum atomic E-state index is -0.0583. The number of hydrogen-bond donors (Lipinski definition) is 1. The Labute approximate surface area is 166 Å². The second kappa shape index (κ2) is 9.13. The molecule has 5 nitrogen and oxygen atoms in total. The van der Waals surface area contributed by atoms with Crippen LogP contribution in [0.15, 0.2) is 73.1 Å². The SMILES string of the molecule is COc1ccc([C@H](CC(=O)NCc2ccc(N(C)C)cc2)n2cccc2)cc1. The molecule has 0 aliphatic heterocycles. The molecule has 0 saturated heterocycles. The van der Waals surface area contributed by atoms with Gasteiger partial charge in [-0.25, -0.2) is 0 Å². The monoisotopic (exact) mass is 377 g/mol. The Balaban J connectivity index is 1.65. The molecule has 2 aromatic carbocycles. The Bertz CT molecular complexity index is 869. The molecule has 28 heavy (non-hydrogen) atoms. The average molecular weight is 377 g/mol. The Morgan fingerprint density at radius 1 is 1.04 bits per heavy atom. The van der Waals surface area contributed by atoms with E-state index in [-0.39, 0.29) is 11.9 Å². The number of carbonyl (C=O) groups is 1. The lowest BCUT2D eigenvalue weighted by Gasteiger charge is -2.20. The van der Waals surface area contributed by atoms with E-state index in [0.29, 0.717) is 13.0 Å². The zero-order valence-electron chi connectivity index (χ0n) is 16.6. The highest BCUT2D eigenvalue weighted by Crippen LogP contribution is 2.24. The van der Waals surface area contributed by atoms with Gasteiger partial charge in [0.2, 0.25) is 5.91 Å². The van der Waals surface area contributed by atoms with E-state index in [1.165, 1.54) is 0 Å². The molecule has 0 fully saturated rings. The topological polar surface area (TPSA) is 46.5 Å². The molecule has 3 aromatic rings. The van der Waals surface area contributed by atoms with E-state index >= 15 is 0 Å². The number of nitrogens with one attached hydrogen (secondary N) is 1. The largest absolute Gasteiger partial charge is 0.497 e. The van der Waals surface area contributed by atoms with Crippen molar-refractivity contribution in [3.63, 3.8) is 0 Å². The van der Waals surface area contributed by atoms with Gasteiger partial charge in [-0.15, -0.1) is 0 Å². The molecule has 1 atom stereocenters. The van der Waals surface area contributed by atoms with Crippen LogP contribution in [0.2, 0.25) is 0 Å². The van der Waals surface area contributed by atoms with Gasteiger partial charge in [0.15, 0.2) is 0 Å². The summed E-state index contributed by atoms with van der Waals surface area (Å²) in [6.45, 7) is 0.521. The predicted molar refractivity (Wildman–Crippen MR) is 113 cm³/mol. The fourth-order valence-electron chi connectivity index (χ4n) is 3.14. The first-order valence-electron chi connectivity index (χ1n) is 9.36. The summed E-state index contributed by atoms with van der Waals surface area (Å²) in [7, 11) is 5.67. The first-order chi connectivity index (χ1) is 13.6. The molecule has 0 bridgehead atoms. The van der Waals surface area contributed by atoms with Gasteiger partial charge in [0, 0.05) is 38.7 Å². The minimum Gasteiger partial charge on any atom is -0.497 e. The molecule has 1 heterocycles. The lowest BCUT2D eigenvalue weighted by Crippen LogP contribution is -2.26. The summed E-state index contributed by atoms with van der Waals surface area (Å²) in [6.07, 6.45) is 4.35. The van der Waals surface area contributed by atoms with Gasteiger partial charge in [0.25, 0.3) is 0 Å². The van der Waals surface area contributed by atoms with Crippen molar-refractivity contribution in [2.45, 2.75) is 19.0 Å². The standard InChI is InChI=1S/C23H27N3O2/c1-25(2)20-10-6-18(7-11-20)17-24-23(27)16-22(26-14-4-5-15-26)19-8-12-21(28-3)13-9-19/h4-15,22H,16-17H2,1-3H3,(H,24,27)/t22-/m0/s1. The van der Waals surface area contributed by atoms with Crippen LogP contribution in [-0.2, 0) is 11.3 Å². The lowest BCUT2D eigenvalue weighted by atomic mass is 10.0. The van der Waals surface area contributed by atoms with Crippen molar-refractivity contribution < 1.29 is 9.53 Å². The quantitative estimate of drug-likeness (QED) is 0.648. The molecule has 146 valence electrons. The maximum atomic E-state index is 12.6. The molecule has 0 radical (unpaired) electrons. The molecule has 0 unspecified atom stereocenters. The van der Waals surface area contributed by atoms with Gasteiger partial charge in [0.1, 0.15) is 5.75 Å². The summed E-state index contributed by atoms with van der Waals surface area (Å²) in [5.41, 5.74) is 3.30. The first kappa shape index (κ1) is 19.5. The third kappa shape index (κ3) is 4.94. The van der Waals surface area contributed by atoms with Crippen molar-refractivity contribution in [1.82, 2.24) is 9.88 Å². The minimum absolute atomic E-state index is 0.0196. The Hall–Kier alpha value is -3.21. The number of aromatic nitrogens is 1. The van der Waals surface area contributed by atoms with Gasteiger partial charge in [-0.3, -0.25) is 4.79 Å². The highest BCUT2D eigenvalue weighted by molar-refractivity contribution is 5.77. The number of methoxy groups -OCH3 is 1. The zero-order valence-corrected chi connectivity index (χ0v) is 16.6. The van der Waals surface area contributed by atoms with Crippen LogP contribution in [0, 0.1) is 0 Å². The van der Waals surface area contributed by atoms with Gasteiger partial charge in [0.05, 0.1) is 19.6 Å². The van der Waals surface area contributed by atoms with E-state index in [1.807, 2.05) is 75.0 Å². The normalized spacial score (nSPS) is 11.7. The molecule has 0 spiro atoms. The van der Waals surface area contributed by atoms with Gasteiger partial charge in [-0.1, -0.05) is 24.3 Å². The molecule has 0 aliphatic rings. The van der Waals surface area contributed by atoms with E-state index in [2.05, 4.69) is 26.9 Å². The van der Waals surface area contributed by atoms with Gasteiger partial charge in [-0.2, -0.15) is 0 Å². The molecule has 1 aromatic heterocycles. The van der Waals surface area contributed by atoms with Crippen molar-refractivity contribution in [3.8, 4) is 5.75 Å².